The maximum atomic E-state index is 14.5. The summed E-state index contributed by atoms with van der Waals surface area (Å²) in [6.07, 6.45) is 6.67. The van der Waals surface area contributed by atoms with Gasteiger partial charge in [-0.05, 0) is 31.2 Å². The van der Waals surface area contributed by atoms with E-state index in [1.807, 2.05) is 7.05 Å². The Labute approximate surface area is 144 Å². The minimum Gasteiger partial charge on any atom is -0.329 e. The molecular formula is C19H16FN5. The second-order valence-electron chi connectivity index (χ2n) is 5.25. The van der Waals surface area contributed by atoms with Crippen LogP contribution in [0.15, 0.2) is 55.5 Å². The van der Waals surface area contributed by atoms with Crippen LogP contribution in [0.25, 0.3) is 16.7 Å². The lowest BCUT2D eigenvalue weighted by molar-refractivity contribution is 0.626. The van der Waals surface area contributed by atoms with E-state index in [0.717, 1.165) is 11.2 Å². The van der Waals surface area contributed by atoms with E-state index in [4.69, 9.17) is 0 Å². The molecule has 0 N–H and O–H groups in total. The highest BCUT2D eigenvalue weighted by molar-refractivity contribution is 5.93. The van der Waals surface area contributed by atoms with Crippen molar-refractivity contribution in [2.45, 2.75) is 6.92 Å². The molecule has 25 heavy (non-hydrogen) atoms. The third-order valence-electron chi connectivity index (χ3n) is 3.78. The van der Waals surface area contributed by atoms with Crippen molar-refractivity contribution in [2.75, 3.05) is 11.9 Å². The molecule has 1 aromatic carbocycles. The highest BCUT2D eigenvalue weighted by Gasteiger charge is 2.17. The molecule has 0 fully saturated rings. The van der Waals surface area contributed by atoms with E-state index in [1.54, 1.807) is 46.8 Å². The normalized spacial score (nSPS) is 11.2. The number of allylic oxidation sites excluding steroid dienone is 3. The lowest BCUT2D eigenvalue weighted by Crippen LogP contribution is -2.17. The SMILES string of the molecule is C=C/C=C(\C=C)N(C)c1nc2nncn2c2cc(C#CC)c(F)cc12. The maximum absolute atomic E-state index is 14.5. The van der Waals surface area contributed by atoms with E-state index >= 15 is 0 Å². The summed E-state index contributed by atoms with van der Waals surface area (Å²) in [5.41, 5.74) is 1.80. The fourth-order valence-corrected chi connectivity index (χ4v) is 2.62. The first-order valence-corrected chi connectivity index (χ1v) is 7.55. The van der Waals surface area contributed by atoms with Gasteiger partial charge < -0.3 is 4.90 Å². The summed E-state index contributed by atoms with van der Waals surface area (Å²) in [5, 5.41) is 8.54. The fraction of sp³-hybridized carbons (Fsp3) is 0.105. The molecule has 0 saturated heterocycles. The molecule has 0 aliphatic carbocycles. The molecule has 0 spiro atoms. The number of anilines is 1. The molecule has 2 heterocycles. The van der Waals surface area contributed by atoms with Gasteiger partial charge in [-0.25, -0.2) is 4.39 Å². The Morgan fingerprint density at radius 2 is 2.16 bits per heavy atom. The van der Waals surface area contributed by atoms with E-state index in [1.165, 1.54) is 6.07 Å². The van der Waals surface area contributed by atoms with Crippen LogP contribution in [-0.4, -0.2) is 26.6 Å². The minimum absolute atomic E-state index is 0.315. The first-order chi connectivity index (χ1) is 12.1. The van der Waals surface area contributed by atoms with Crippen molar-refractivity contribution in [1.29, 1.82) is 0 Å². The van der Waals surface area contributed by atoms with Crippen LogP contribution in [0.4, 0.5) is 10.2 Å². The molecule has 0 aliphatic rings. The Kier molecular flexibility index (Phi) is 4.31. The number of fused-ring (bicyclic) bond motifs is 3. The molecule has 124 valence electrons. The molecule has 0 radical (unpaired) electrons. The largest absolute Gasteiger partial charge is 0.329 e. The van der Waals surface area contributed by atoms with Crippen molar-refractivity contribution in [2.24, 2.45) is 0 Å². The number of benzene rings is 1. The number of aromatic nitrogens is 4. The van der Waals surface area contributed by atoms with Gasteiger partial charge in [-0.1, -0.05) is 25.2 Å². The standard InChI is InChI=1S/C19H16FN5/c1-5-8-13-10-17-15(11-16(13)20)18(22-19-23-21-12-25(17)19)24(4)14(7-3)9-6-2/h6-7,9-12H,2-3H2,1,4H3/b14-9+. The number of nitrogens with zero attached hydrogens (tertiary/aromatic N) is 5. The Bertz CT molecular complexity index is 1080. The van der Waals surface area contributed by atoms with Crippen LogP contribution in [0.2, 0.25) is 0 Å². The lowest BCUT2D eigenvalue weighted by atomic mass is 10.1. The van der Waals surface area contributed by atoms with Gasteiger partial charge in [0.15, 0.2) is 0 Å². The summed E-state index contributed by atoms with van der Waals surface area (Å²) in [6, 6.07) is 3.11. The van der Waals surface area contributed by atoms with Crippen molar-refractivity contribution < 1.29 is 4.39 Å². The van der Waals surface area contributed by atoms with Crippen molar-refractivity contribution in [3.8, 4) is 11.8 Å². The Balaban J connectivity index is 2.39. The smallest absolute Gasteiger partial charge is 0.257 e. The summed E-state index contributed by atoms with van der Waals surface area (Å²) >= 11 is 0. The van der Waals surface area contributed by atoms with Crippen molar-refractivity contribution >= 4 is 22.5 Å². The van der Waals surface area contributed by atoms with Gasteiger partial charge in [0.25, 0.3) is 5.78 Å². The predicted octanol–water partition coefficient (Wildman–Crippen LogP) is 3.48. The molecule has 0 atom stereocenters. The topological polar surface area (TPSA) is 46.3 Å². The van der Waals surface area contributed by atoms with Crippen LogP contribution < -0.4 is 4.90 Å². The highest BCUT2D eigenvalue weighted by Crippen LogP contribution is 2.29. The molecule has 0 amide bonds. The van der Waals surface area contributed by atoms with Crippen LogP contribution in [0, 0.1) is 17.7 Å². The fourth-order valence-electron chi connectivity index (χ4n) is 2.62. The van der Waals surface area contributed by atoms with Gasteiger partial charge in [0.2, 0.25) is 0 Å². The van der Waals surface area contributed by atoms with Crippen LogP contribution in [0.5, 0.6) is 0 Å². The van der Waals surface area contributed by atoms with Crippen molar-refractivity contribution in [3.05, 3.63) is 66.9 Å². The van der Waals surface area contributed by atoms with Gasteiger partial charge in [0.1, 0.15) is 18.0 Å². The van der Waals surface area contributed by atoms with Gasteiger partial charge in [0, 0.05) is 18.1 Å². The van der Waals surface area contributed by atoms with Crippen molar-refractivity contribution in [3.63, 3.8) is 0 Å². The molecule has 3 aromatic rings. The molecular weight excluding hydrogens is 317 g/mol. The first kappa shape index (κ1) is 16.4. The Morgan fingerprint density at radius 3 is 2.84 bits per heavy atom. The molecule has 0 saturated carbocycles. The average Bonchev–Trinajstić information content (AvgIpc) is 3.08. The zero-order valence-electron chi connectivity index (χ0n) is 14.0. The maximum Gasteiger partial charge on any atom is 0.257 e. The quantitative estimate of drug-likeness (QED) is 0.542. The summed E-state index contributed by atoms with van der Waals surface area (Å²) in [6.45, 7) is 9.17. The Hall–Kier alpha value is -3.46. The molecule has 6 heteroatoms. The molecule has 3 rings (SSSR count). The summed E-state index contributed by atoms with van der Waals surface area (Å²) < 4.78 is 16.2. The van der Waals surface area contributed by atoms with Crippen LogP contribution in [0.3, 0.4) is 0 Å². The second-order valence-corrected chi connectivity index (χ2v) is 5.25. The summed E-state index contributed by atoms with van der Waals surface area (Å²) in [4.78, 5) is 6.32. The summed E-state index contributed by atoms with van der Waals surface area (Å²) in [7, 11) is 1.82. The zero-order valence-corrected chi connectivity index (χ0v) is 14.0. The molecule has 0 unspecified atom stereocenters. The van der Waals surface area contributed by atoms with E-state index < -0.39 is 5.82 Å². The van der Waals surface area contributed by atoms with Gasteiger partial charge in [-0.2, -0.15) is 4.98 Å². The van der Waals surface area contributed by atoms with Gasteiger partial charge in [0.05, 0.1) is 11.1 Å². The van der Waals surface area contributed by atoms with E-state index in [9.17, 15) is 4.39 Å². The molecule has 2 aromatic heterocycles. The number of likely N-dealkylation sites (N-methyl/N-ethyl adjacent to an activating group) is 1. The van der Waals surface area contributed by atoms with Gasteiger partial charge >= 0.3 is 0 Å². The Morgan fingerprint density at radius 1 is 1.36 bits per heavy atom. The predicted molar refractivity (Wildman–Crippen MR) is 97.7 cm³/mol. The number of halogens is 1. The average molecular weight is 333 g/mol. The molecule has 0 aliphatic heterocycles. The third kappa shape index (κ3) is 2.76. The second kappa shape index (κ2) is 6.57. The van der Waals surface area contributed by atoms with E-state index in [-0.39, 0.29) is 0 Å². The zero-order chi connectivity index (χ0) is 18.0. The highest BCUT2D eigenvalue weighted by atomic mass is 19.1. The number of hydrogen-bond donors (Lipinski definition) is 0. The number of rotatable bonds is 4. The van der Waals surface area contributed by atoms with E-state index in [2.05, 4.69) is 40.2 Å². The number of hydrogen-bond acceptors (Lipinski definition) is 4. The van der Waals surface area contributed by atoms with Crippen LogP contribution in [0.1, 0.15) is 12.5 Å². The first-order valence-electron chi connectivity index (χ1n) is 7.55. The third-order valence-corrected chi connectivity index (χ3v) is 3.78. The molecule has 0 bridgehead atoms. The molecule has 5 nitrogen and oxygen atoms in total. The monoisotopic (exact) mass is 333 g/mol. The van der Waals surface area contributed by atoms with Crippen LogP contribution in [-0.2, 0) is 0 Å². The van der Waals surface area contributed by atoms with Gasteiger partial charge in [-0.15, -0.1) is 16.1 Å². The lowest BCUT2D eigenvalue weighted by Gasteiger charge is -2.21. The van der Waals surface area contributed by atoms with Gasteiger partial charge in [-0.3, -0.25) is 4.40 Å². The van der Waals surface area contributed by atoms with E-state index in [0.29, 0.717) is 22.5 Å². The minimum atomic E-state index is -0.404. The van der Waals surface area contributed by atoms with Crippen LogP contribution >= 0.6 is 0 Å². The van der Waals surface area contributed by atoms with Crippen molar-refractivity contribution in [1.82, 2.24) is 19.6 Å². The summed E-state index contributed by atoms with van der Waals surface area (Å²) in [5.74, 6) is 6.05.